The van der Waals surface area contributed by atoms with Crippen LogP contribution in [0.25, 0.3) is 23.1 Å². The highest BCUT2D eigenvalue weighted by molar-refractivity contribution is 9.10. The zero-order valence-electron chi connectivity index (χ0n) is 22.7. The molecule has 0 amide bonds. The normalized spacial score (nSPS) is 12.5. The quantitative estimate of drug-likeness (QED) is 0.144. The van der Waals surface area contributed by atoms with E-state index in [2.05, 4.69) is 25.6 Å². The molecule has 0 aliphatic carbocycles. The van der Waals surface area contributed by atoms with Crippen LogP contribution in [0.3, 0.4) is 0 Å². The van der Waals surface area contributed by atoms with E-state index in [9.17, 15) is 18.3 Å². The number of thioether (sulfide) groups is 1. The Bertz CT molecular complexity index is 1900. The van der Waals surface area contributed by atoms with Gasteiger partial charge in [-0.1, -0.05) is 82.1 Å². The van der Waals surface area contributed by atoms with Gasteiger partial charge in [-0.25, -0.2) is 22.9 Å². The van der Waals surface area contributed by atoms with Crippen molar-refractivity contribution in [3.05, 3.63) is 141 Å². The number of carboxylic acid groups (broad SMARTS) is 1. The van der Waals surface area contributed by atoms with Crippen LogP contribution in [0.4, 0.5) is 0 Å². The SMILES string of the molecule is O=C(O)c1ccc(CSC(CNS(=O)(=O)c2ccc(Br)cc2)c2cccc(/C=C/c3ccc4ccc(Cl)cc4n3)c2)cc1. The van der Waals surface area contributed by atoms with Crippen LogP contribution in [0.5, 0.6) is 0 Å². The second kappa shape index (κ2) is 13.9. The third kappa shape index (κ3) is 8.34. The number of benzene rings is 4. The highest BCUT2D eigenvalue weighted by Crippen LogP contribution is 2.33. The van der Waals surface area contributed by atoms with Gasteiger partial charge in [0.05, 0.1) is 21.7 Å². The topological polar surface area (TPSA) is 96.4 Å². The van der Waals surface area contributed by atoms with Crippen molar-refractivity contribution in [3.63, 3.8) is 0 Å². The van der Waals surface area contributed by atoms with Gasteiger partial charge in [0.2, 0.25) is 10.0 Å². The van der Waals surface area contributed by atoms with Gasteiger partial charge in [0.15, 0.2) is 0 Å². The summed E-state index contributed by atoms with van der Waals surface area (Å²) < 4.78 is 29.7. The average Bonchev–Trinajstić information content (AvgIpc) is 3.00. The van der Waals surface area contributed by atoms with Gasteiger partial charge in [-0.15, -0.1) is 11.8 Å². The van der Waals surface area contributed by atoms with E-state index in [-0.39, 0.29) is 22.3 Å². The maximum absolute atomic E-state index is 13.1. The Morgan fingerprint density at radius 2 is 1.70 bits per heavy atom. The van der Waals surface area contributed by atoms with Gasteiger partial charge in [-0.05, 0) is 77.4 Å². The molecule has 0 aliphatic heterocycles. The first-order chi connectivity index (χ1) is 20.7. The van der Waals surface area contributed by atoms with Crippen molar-refractivity contribution in [1.82, 2.24) is 9.71 Å². The summed E-state index contributed by atoms with van der Waals surface area (Å²) in [5, 5.41) is 10.6. The molecule has 43 heavy (non-hydrogen) atoms. The lowest BCUT2D eigenvalue weighted by Crippen LogP contribution is -2.27. The smallest absolute Gasteiger partial charge is 0.335 e. The molecular weight excluding hydrogens is 668 g/mol. The Kier molecular flexibility index (Phi) is 10.00. The zero-order valence-corrected chi connectivity index (χ0v) is 26.6. The van der Waals surface area contributed by atoms with Crippen molar-refractivity contribution in [2.24, 2.45) is 0 Å². The van der Waals surface area contributed by atoms with Crippen molar-refractivity contribution in [2.45, 2.75) is 15.9 Å². The highest BCUT2D eigenvalue weighted by Gasteiger charge is 2.19. The molecule has 5 rings (SSSR count). The zero-order chi connectivity index (χ0) is 30.4. The Balaban J connectivity index is 1.37. The maximum atomic E-state index is 13.1. The summed E-state index contributed by atoms with van der Waals surface area (Å²) in [4.78, 5) is 16.1. The molecule has 0 saturated carbocycles. The van der Waals surface area contributed by atoms with Crippen LogP contribution in [-0.2, 0) is 15.8 Å². The van der Waals surface area contributed by atoms with Crippen molar-refractivity contribution in [1.29, 1.82) is 0 Å². The summed E-state index contributed by atoms with van der Waals surface area (Å²) in [5.41, 5.74) is 4.65. The summed E-state index contributed by atoms with van der Waals surface area (Å²) >= 11 is 11.1. The first-order valence-electron chi connectivity index (χ1n) is 13.2. The molecule has 0 saturated heterocycles. The molecule has 0 spiro atoms. The molecule has 1 heterocycles. The Morgan fingerprint density at radius 1 is 0.953 bits per heavy atom. The van der Waals surface area contributed by atoms with Crippen molar-refractivity contribution in [2.75, 3.05) is 6.54 Å². The fraction of sp³-hybridized carbons (Fsp3) is 0.0909. The van der Waals surface area contributed by atoms with Crippen molar-refractivity contribution >= 4 is 78.3 Å². The van der Waals surface area contributed by atoms with Gasteiger partial charge in [0.1, 0.15) is 0 Å². The van der Waals surface area contributed by atoms with Crippen LogP contribution in [0.15, 0.2) is 112 Å². The van der Waals surface area contributed by atoms with E-state index in [1.807, 2.05) is 66.7 Å². The largest absolute Gasteiger partial charge is 0.478 e. The minimum atomic E-state index is -3.74. The second-order valence-electron chi connectivity index (χ2n) is 9.68. The summed E-state index contributed by atoms with van der Waals surface area (Å²) in [6, 6.07) is 30.7. The monoisotopic (exact) mass is 692 g/mol. The first-order valence-corrected chi connectivity index (χ1v) is 16.9. The standard InChI is InChI=1S/C33H26BrClN2O4S2/c34-27-11-16-30(17-12-27)43(40,41)36-20-32(42-21-23-4-7-25(8-5-23)33(38)39)26-3-1-2-22(18-26)6-14-29-15-10-24-9-13-28(35)19-31(24)37-29/h1-19,32,36H,20-21H2,(H,38,39)/b14-6+. The third-order valence-corrected chi connectivity index (χ3v) is 10.2. The Hall–Kier alpha value is -3.47. The summed E-state index contributed by atoms with van der Waals surface area (Å²) in [6.07, 6.45) is 3.91. The molecule has 4 aromatic carbocycles. The number of rotatable bonds is 11. The number of aromatic carboxylic acids is 1. The summed E-state index contributed by atoms with van der Waals surface area (Å²) in [7, 11) is -3.74. The number of nitrogens with one attached hydrogen (secondary N) is 1. The third-order valence-electron chi connectivity index (χ3n) is 6.64. The number of hydrogen-bond donors (Lipinski definition) is 2. The van der Waals surface area contributed by atoms with Gasteiger partial charge in [-0.3, -0.25) is 0 Å². The number of carbonyl (C=O) groups is 1. The lowest BCUT2D eigenvalue weighted by molar-refractivity contribution is 0.0697. The molecule has 1 atom stereocenters. The van der Waals surface area contributed by atoms with Gasteiger partial charge in [0.25, 0.3) is 0 Å². The number of hydrogen-bond acceptors (Lipinski definition) is 5. The van der Waals surface area contributed by atoms with E-state index in [4.69, 9.17) is 11.6 Å². The van der Waals surface area contributed by atoms with Crippen LogP contribution in [-0.4, -0.2) is 31.0 Å². The molecule has 0 aliphatic rings. The lowest BCUT2D eigenvalue weighted by Gasteiger charge is -2.19. The fourth-order valence-corrected chi connectivity index (χ4v) is 7.05. The minimum Gasteiger partial charge on any atom is -0.478 e. The van der Waals surface area contributed by atoms with Crippen molar-refractivity contribution < 1.29 is 18.3 Å². The van der Waals surface area contributed by atoms with Gasteiger partial charge in [-0.2, -0.15) is 0 Å². The average molecular weight is 694 g/mol. The van der Waals surface area contributed by atoms with E-state index in [0.29, 0.717) is 10.8 Å². The molecule has 1 unspecified atom stereocenters. The van der Waals surface area contributed by atoms with Gasteiger partial charge in [0, 0.05) is 32.4 Å². The maximum Gasteiger partial charge on any atom is 0.335 e. The van der Waals surface area contributed by atoms with Crippen LogP contribution < -0.4 is 4.72 Å². The van der Waals surface area contributed by atoms with Crippen LogP contribution in [0, 0.1) is 0 Å². The molecule has 2 N–H and O–H groups in total. The molecule has 1 aromatic heterocycles. The number of sulfonamides is 1. The molecule has 10 heteroatoms. The predicted octanol–water partition coefficient (Wildman–Crippen LogP) is 8.47. The summed E-state index contributed by atoms with van der Waals surface area (Å²) in [5.74, 6) is -0.416. The van der Waals surface area contributed by atoms with Crippen LogP contribution in [0.2, 0.25) is 5.02 Å². The number of pyridine rings is 1. The fourth-order valence-electron chi connectivity index (χ4n) is 4.34. The minimum absolute atomic E-state index is 0.163. The number of aromatic nitrogens is 1. The Morgan fingerprint density at radius 3 is 2.44 bits per heavy atom. The van der Waals surface area contributed by atoms with E-state index in [0.717, 1.165) is 37.8 Å². The molecule has 5 aromatic rings. The second-order valence-corrected chi connectivity index (χ2v) is 14.0. The first kappa shape index (κ1) is 31.0. The molecule has 0 bridgehead atoms. The van der Waals surface area contributed by atoms with Crippen LogP contribution in [0.1, 0.15) is 38.0 Å². The highest BCUT2D eigenvalue weighted by atomic mass is 79.9. The molecule has 0 radical (unpaired) electrons. The van der Waals surface area contributed by atoms with E-state index >= 15 is 0 Å². The van der Waals surface area contributed by atoms with Crippen LogP contribution >= 0.6 is 39.3 Å². The Labute approximate surface area is 268 Å². The number of carboxylic acids is 1. The van der Waals surface area contributed by atoms with Gasteiger partial charge >= 0.3 is 5.97 Å². The molecule has 6 nitrogen and oxygen atoms in total. The summed E-state index contributed by atoms with van der Waals surface area (Å²) in [6.45, 7) is 0.163. The molecule has 218 valence electrons. The van der Waals surface area contributed by atoms with Crippen molar-refractivity contribution in [3.8, 4) is 0 Å². The molecular formula is C33H26BrClN2O4S2. The molecule has 0 fully saturated rings. The van der Waals surface area contributed by atoms with E-state index in [1.54, 1.807) is 60.3 Å². The van der Waals surface area contributed by atoms with E-state index in [1.165, 1.54) is 0 Å². The predicted molar refractivity (Wildman–Crippen MR) is 179 cm³/mol. The number of halogens is 2. The van der Waals surface area contributed by atoms with E-state index < -0.39 is 16.0 Å². The number of fused-ring (bicyclic) bond motifs is 1. The lowest BCUT2D eigenvalue weighted by atomic mass is 10.1. The number of nitrogens with zero attached hydrogens (tertiary/aromatic N) is 1. The van der Waals surface area contributed by atoms with Gasteiger partial charge < -0.3 is 5.11 Å².